The van der Waals surface area contributed by atoms with Gasteiger partial charge in [-0.15, -0.1) is 0 Å². The first kappa shape index (κ1) is 12.9. The van der Waals surface area contributed by atoms with Crippen LogP contribution >= 0.6 is 0 Å². The summed E-state index contributed by atoms with van der Waals surface area (Å²) in [6, 6.07) is 9.07. The van der Waals surface area contributed by atoms with E-state index in [1.54, 1.807) is 12.1 Å². The molecule has 6 nitrogen and oxygen atoms in total. The molecule has 2 rings (SSSR count). The van der Waals surface area contributed by atoms with Crippen molar-refractivity contribution in [3.05, 3.63) is 46.8 Å². The predicted molar refractivity (Wildman–Crippen MR) is 72.9 cm³/mol. The summed E-state index contributed by atoms with van der Waals surface area (Å²) in [5.74, 6) is 0.265. The summed E-state index contributed by atoms with van der Waals surface area (Å²) in [4.78, 5) is 18.8. The Morgan fingerprint density at radius 1 is 1.26 bits per heavy atom. The molecule has 0 saturated heterocycles. The monoisotopic (exact) mass is 258 g/mol. The molecule has 0 aliphatic rings. The lowest BCUT2D eigenvalue weighted by atomic mass is 10.1. The number of hydrogen-bond acceptors (Lipinski definition) is 5. The maximum Gasteiger partial charge on any atom is 0.337 e. The van der Waals surface area contributed by atoms with Gasteiger partial charge < -0.3 is 5.32 Å². The quantitative estimate of drug-likeness (QED) is 0.658. The van der Waals surface area contributed by atoms with Crippen molar-refractivity contribution < 1.29 is 4.92 Å². The minimum Gasteiger partial charge on any atom is -0.364 e. The first-order chi connectivity index (χ1) is 9.24. The first-order valence-electron chi connectivity index (χ1n) is 6.02. The molecule has 1 aromatic carbocycles. The van der Waals surface area contributed by atoms with Crippen molar-refractivity contribution in [2.45, 2.75) is 13.3 Å². The summed E-state index contributed by atoms with van der Waals surface area (Å²) in [6.45, 7) is 2.62. The van der Waals surface area contributed by atoms with Crippen LogP contribution in [0.25, 0.3) is 11.3 Å². The van der Waals surface area contributed by atoms with Gasteiger partial charge in [0.15, 0.2) is 5.69 Å². The fourth-order valence-corrected chi connectivity index (χ4v) is 1.73. The van der Waals surface area contributed by atoms with E-state index in [1.165, 1.54) is 6.33 Å². The molecule has 1 N–H and O–H groups in total. The van der Waals surface area contributed by atoms with Gasteiger partial charge >= 0.3 is 5.69 Å². The number of benzene rings is 1. The van der Waals surface area contributed by atoms with Gasteiger partial charge in [-0.3, -0.25) is 10.1 Å². The molecular formula is C13H14N4O2. The molecule has 0 bridgehead atoms. The fourth-order valence-electron chi connectivity index (χ4n) is 1.73. The second-order valence-electron chi connectivity index (χ2n) is 3.97. The lowest BCUT2D eigenvalue weighted by Crippen LogP contribution is -2.07. The van der Waals surface area contributed by atoms with Gasteiger partial charge in [-0.25, -0.2) is 9.97 Å². The van der Waals surface area contributed by atoms with Crippen molar-refractivity contribution in [2.24, 2.45) is 0 Å². The maximum absolute atomic E-state index is 11.3. The molecule has 6 heteroatoms. The molecule has 0 spiro atoms. The number of nitro groups is 1. The van der Waals surface area contributed by atoms with Gasteiger partial charge in [0.05, 0.1) is 4.92 Å². The van der Waals surface area contributed by atoms with Gasteiger partial charge in [0, 0.05) is 12.1 Å². The van der Waals surface area contributed by atoms with Gasteiger partial charge in [-0.2, -0.15) is 0 Å². The highest BCUT2D eigenvalue weighted by atomic mass is 16.6. The summed E-state index contributed by atoms with van der Waals surface area (Å²) in [7, 11) is 0. The summed E-state index contributed by atoms with van der Waals surface area (Å²) >= 11 is 0. The molecule has 0 radical (unpaired) electrons. The average Bonchev–Trinajstić information content (AvgIpc) is 2.45. The van der Waals surface area contributed by atoms with Crippen LogP contribution in [0.5, 0.6) is 0 Å². The van der Waals surface area contributed by atoms with Gasteiger partial charge in [0.25, 0.3) is 0 Å². The van der Waals surface area contributed by atoms with E-state index in [4.69, 9.17) is 0 Å². The van der Waals surface area contributed by atoms with E-state index < -0.39 is 4.92 Å². The topological polar surface area (TPSA) is 81.0 Å². The Labute approximate surface area is 110 Å². The second-order valence-corrected chi connectivity index (χ2v) is 3.97. The van der Waals surface area contributed by atoms with E-state index in [9.17, 15) is 10.1 Å². The smallest absolute Gasteiger partial charge is 0.337 e. The third-order valence-electron chi connectivity index (χ3n) is 2.59. The Balaban J connectivity index is 2.52. The summed E-state index contributed by atoms with van der Waals surface area (Å²) < 4.78 is 0. The average molecular weight is 258 g/mol. The molecule has 0 atom stereocenters. The van der Waals surface area contributed by atoms with E-state index in [0.29, 0.717) is 17.8 Å². The molecule has 1 heterocycles. The van der Waals surface area contributed by atoms with Crippen LogP contribution < -0.4 is 5.32 Å². The highest BCUT2D eigenvalue weighted by Gasteiger charge is 2.23. The SMILES string of the molecule is CCCNc1ncnc(-c2ccccc2)c1[N+](=O)[O-]. The second kappa shape index (κ2) is 5.90. The first-order valence-corrected chi connectivity index (χ1v) is 6.02. The fraction of sp³-hybridized carbons (Fsp3) is 0.231. The largest absolute Gasteiger partial charge is 0.364 e. The van der Waals surface area contributed by atoms with Crippen LogP contribution in [-0.2, 0) is 0 Å². The highest BCUT2D eigenvalue weighted by Crippen LogP contribution is 2.32. The van der Waals surface area contributed by atoms with Gasteiger partial charge in [0.1, 0.15) is 6.33 Å². The Bertz CT molecular complexity index is 572. The number of hydrogen-bond donors (Lipinski definition) is 1. The van der Waals surface area contributed by atoms with E-state index >= 15 is 0 Å². The third kappa shape index (κ3) is 2.85. The van der Waals surface area contributed by atoms with Crippen molar-refractivity contribution in [3.63, 3.8) is 0 Å². The van der Waals surface area contributed by atoms with E-state index in [2.05, 4.69) is 15.3 Å². The zero-order chi connectivity index (χ0) is 13.7. The van der Waals surface area contributed by atoms with Gasteiger partial charge in [-0.05, 0) is 6.42 Å². The van der Waals surface area contributed by atoms with Crippen LogP contribution in [0.15, 0.2) is 36.7 Å². The van der Waals surface area contributed by atoms with Crippen molar-refractivity contribution in [1.82, 2.24) is 9.97 Å². The standard InChI is InChI=1S/C13H14N4O2/c1-2-8-14-13-12(17(18)19)11(15-9-16-13)10-6-4-3-5-7-10/h3-7,9H,2,8H2,1H3,(H,14,15,16). The number of aromatic nitrogens is 2. The molecule has 0 aliphatic heterocycles. The molecule has 0 amide bonds. The Morgan fingerprint density at radius 3 is 2.63 bits per heavy atom. The number of nitrogens with zero attached hydrogens (tertiary/aromatic N) is 3. The molecule has 98 valence electrons. The van der Waals surface area contributed by atoms with Gasteiger partial charge in [0.2, 0.25) is 5.82 Å². The minimum absolute atomic E-state index is 0.0813. The van der Waals surface area contributed by atoms with Gasteiger partial charge in [-0.1, -0.05) is 37.3 Å². The number of nitrogens with one attached hydrogen (secondary N) is 1. The minimum atomic E-state index is -0.444. The zero-order valence-corrected chi connectivity index (χ0v) is 10.5. The summed E-state index contributed by atoms with van der Waals surface area (Å²) in [5, 5.41) is 14.2. The van der Waals surface area contributed by atoms with E-state index in [-0.39, 0.29) is 11.5 Å². The third-order valence-corrected chi connectivity index (χ3v) is 2.59. The Kier molecular flexibility index (Phi) is 4.02. The molecule has 0 aliphatic carbocycles. The van der Waals surface area contributed by atoms with Crippen LogP contribution in [0.2, 0.25) is 0 Å². The molecule has 1 aromatic heterocycles. The zero-order valence-electron chi connectivity index (χ0n) is 10.5. The highest BCUT2D eigenvalue weighted by molar-refractivity contribution is 5.76. The van der Waals surface area contributed by atoms with Crippen LogP contribution in [0, 0.1) is 10.1 Å². The Hall–Kier alpha value is -2.50. The predicted octanol–water partition coefficient (Wildman–Crippen LogP) is 2.87. The summed E-state index contributed by atoms with van der Waals surface area (Å²) in [5.41, 5.74) is 0.956. The van der Waals surface area contributed by atoms with E-state index in [0.717, 1.165) is 6.42 Å². The maximum atomic E-state index is 11.3. The molecule has 0 fully saturated rings. The van der Waals surface area contributed by atoms with E-state index in [1.807, 2.05) is 25.1 Å². The number of anilines is 1. The molecular weight excluding hydrogens is 244 g/mol. The molecule has 2 aromatic rings. The molecule has 19 heavy (non-hydrogen) atoms. The van der Waals surface area contributed by atoms with Crippen LogP contribution in [0.1, 0.15) is 13.3 Å². The molecule has 0 unspecified atom stereocenters. The van der Waals surface area contributed by atoms with Crippen molar-refractivity contribution in [1.29, 1.82) is 0 Å². The Morgan fingerprint density at radius 2 is 2.00 bits per heavy atom. The normalized spacial score (nSPS) is 10.2. The van der Waals surface area contributed by atoms with Crippen LogP contribution in [0.4, 0.5) is 11.5 Å². The lowest BCUT2D eigenvalue weighted by molar-refractivity contribution is -0.383. The van der Waals surface area contributed by atoms with Crippen LogP contribution in [-0.4, -0.2) is 21.4 Å². The van der Waals surface area contributed by atoms with Crippen molar-refractivity contribution in [3.8, 4) is 11.3 Å². The number of rotatable bonds is 5. The van der Waals surface area contributed by atoms with Crippen LogP contribution in [0.3, 0.4) is 0 Å². The van der Waals surface area contributed by atoms with Crippen molar-refractivity contribution in [2.75, 3.05) is 11.9 Å². The molecule has 0 saturated carbocycles. The lowest BCUT2D eigenvalue weighted by Gasteiger charge is -2.07. The summed E-state index contributed by atoms with van der Waals surface area (Å²) in [6.07, 6.45) is 2.20. The van der Waals surface area contributed by atoms with Crippen molar-refractivity contribution >= 4 is 11.5 Å².